The first kappa shape index (κ1) is 20.7. The first-order chi connectivity index (χ1) is 11.5. The standard InChI is InChI=1S/C15H13F9O2/c1-10(25,8-3-5-9(26-2)6-4-8)7-11(16)12(17,18)14(21,22)15(23,24)13(11,19)20/h3-6,25H,7H2,1-2H3. The number of methoxy groups -OCH3 is 1. The minimum atomic E-state index is -6.66. The van der Waals surface area contributed by atoms with E-state index >= 15 is 0 Å². The lowest BCUT2D eigenvalue weighted by atomic mass is 9.80. The van der Waals surface area contributed by atoms with Gasteiger partial charge >= 0.3 is 23.7 Å². The molecule has 1 aliphatic carbocycles. The molecule has 0 aliphatic heterocycles. The van der Waals surface area contributed by atoms with E-state index in [2.05, 4.69) is 0 Å². The van der Waals surface area contributed by atoms with Gasteiger partial charge < -0.3 is 9.84 Å². The fourth-order valence-corrected chi connectivity index (χ4v) is 2.84. The van der Waals surface area contributed by atoms with E-state index in [0.29, 0.717) is 6.92 Å². The maximum atomic E-state index is 14.5. The average molecular weight is 396 g/mol. The van der Waals surface area contributed by atoms with Crippen molar-refractivity contribution < 1.29 is 49.4 Å². The van der Waals surface area contributed by atoms with Crippen molar-refractivity contribution in [3.05, 3.63) is 29.8 Å². The Kier molecular flexibility index (Phi) is 4.31. The molecule has 1 fully saturated rings. The highest BCUT2D eigenvalue weighted by atomic mass is 19.4. The van der Waals surface area contributed by atoms with Crippen molar-refractivity contribution in [2.45, 2.75) is 48.3 Å². The predicted molar refractivity (Wildman–Crippen MR) is 70.8 cm³/mol. The molecule has 1 N–H and O–H groups in total. The SMILES string of the molecule is COc1ccc(C(C)(O)CC2(F)C(F)(F)C(F)(F)C(F)(F)C2(F)F)cc1. The van der Waals surface area contributed by atoms with Crippen LogP contribution in [0.25, 0.3) is 0 Å². The topological polar surface area (TPSA) is 29.5 Å². The molecule has 148 valence electrons. The van der Waals surface area contributed by atoms with E-state index in [1.54, 1.807) is 0 Å². The fraction of sp³-hybridized carbons (Fsp3) is 0.600. The van der Waals surface area contributed by atoms with Gasteiger partial charge in [0, 0.05) is 6.42 Å². The van der Waals surface area contributed by atoms with E-state index in [0.717, 1.165) is 24.3 Å². The average Bonchev–Trinajstić information content (AvgIpc) is 2.57. The van der Waals surface area contributed by atoms with Crippen LogP contribution in [-0.4, -0.2) is 41.6 Å². The third kappa shape index (κ3) is 2.25. The summed E-state index contributed by atoms with van der Waals surface area (Å²) in [6.07, 6.45) is -2.41. The molecule has 0 spiro atoms. The van der Waals surface area contributed by atoms with E-state index in [-0.39, 0.29) is 5.75 Å². The number of rotatable bonds is 4. The molecule has 0 radical (unpaired) electrons. The van der Waals surface area contributed by atoms with Crippen LogP contribution in [0.1, 0.15) is 18.9 Å². The zero-order chi connectivity index (χ0) is 20.4. The van der Waals surface area contributed by atoms with Gasteiger partial charge in [-0.1, -0.05) is 12.1 Å². The van der Waals surface area contributed by atoms with Gasteiger partial charge in [-0.2, -0.15) is 35.1 Å². The number of halogens is 9. The number of benzene rings is 1. The summed E-state index contributed by atoms with van der Waals surface area (Å²) >= 11 is 0. The van der Waals surface area contributed by atoms with Crippen LogP contribution in [0.5, 0.6) is 5.75 Å². The molecule has 1 unspecified atom stereocenters. The van der Waals surface area contributed by atoms with Crippen molar-refractivity contribution in [3.63, 3.8) is 0 Å². The molecule has 1 saturated carbocycles. The lowest BCUT2D eigenvalue weighted by molar-refractivity contribution is -0.303. The molecule has 0 amide bonds. The highest BCUT2D eigenvalue weighted by Crippen LogP contribution is 2.70. The van der Waals surface area contributed by atoms with Crippen LogP contribution < -0.4 is 4.74 Å². The normalized spacial score (nSPS) is 26.9. The molecule has 0 aromatic heterocycles. The Hall–Kier alpha value is -1.65. The lowest BCUT2D eigenvalue weighted by Gasteiger charge is -2.36. The summed E-state index contributed by atoms with van der Waals surface area (Å²) in [6, 6.07) is 4.21. The van der Waals surface area contributed by atoms with Crippen LogP contribution >= 0.6 is 0 Å². The summed E-state index contributed by atoms with van der Waals surface area (Å²) in [7, 11) is 1.24. The predicted octanol–water partition coefficient (Wildman–Crippen LogP) is 4.56. The molecular weight excluding hydrogens is 383 g/mol. The largest absolute Gasteiger partial charge is 0.497 e. The van der Waals surface area contributed by atoms with Crippen LogP contribution in [0, 0.1) is 0 Å². The van der Waals surface area contributed by atoms with Crippen molar-refractivity contribution in [1.82, 2.24) is 0 Å². The second-order valence-corrected chi connectivity index (χ2v) is 6.28. The van der Waals surface area contributed by atoms with Gasteiger partial charge in [-0.05, 0) is 24.6 Å². The van der Waals surface area contributed by atoms with E-state index in [9.17, 15) is 44.6 Å². The van der Waals surface area contributed by atoms with Gasteiger partial charge in [0.25, 0.3) is 5.67 Å². The van der Waals surface area contributed by atoms with Gasteiger partial charge in [-0.15, -0.1) is 0 Å². The Balaban J connectivity index is 2.54. The van der Waals surface area contributed by atoms with Crippen molar-refractivity contribution >= 4 is 0 Å². The van der Waals surface area contributed by atoms with Gasteiger partial charge in [0.05, 0.1) is 12.7 Å². The fourth-order valence-electron chi connectivity index (χ4n) is 2.84. The zero-order valence-corrected chi connectivity index (χ0v) is 13.3. The molecule has 2 rings (SSSR count). The number of aliphatic hydroxyl groups is 1. The van der Waals surface area contributed by atoms with Gasteiger partial charge in [0.2, 0.25) is 0 Å². The van der Waals surface area contributed by atoms with Crippen LogP contribution in [0.15, 0.2) is 24.3 Å². The highest BCUT2D eigenvalue weighted by molar-refractivity contribution is 5.33. The molecule has 0 bridgehead atoms. The van der Waals surface area contributed by atoms with Crippen molar-refractivity contribution in [3.8, 4) is 5.75 Å². The highest BCUT2D eigenvalue weighted by Gasteiger charge is 3.00. The quantitative estimate of drug-likeness (QED) is 0.757. The molecule has 11 heteroatoms. The van der Waals surface area contributed by atoms with E-state index in [1.165, 1.54) is 7.11 Å². The Morgan fingerprint density at radius 1 is 0.808 bits per heavy atom. The zero-order valence-electron chi connectivity index (χ0n) is 13.3. The molecule has 26 heavy (non-hydrogen) atoms. The second-order valence-electron chi connectivity index (χ2n) is 6.28. The summed E-state index contributed by atoms with van der Waals surface area (Å²) < 4.78 is 127. The molecule has 1 aliphatic rings. The van der Waals surface area contributed by atoms with Gasteiger partial charge in [0.1, 0.15) is 5.75 Å². The summed E-state index contributed by atoms with van der Waals surface area (Å²) in [5.74, 6) is -26.0. The Morgan fingerprint density at radius 3 is 1.54 bits per heavy atom. The van der Waals surface area contributed by atoms with Gasteiger partial charge in [-0.3, -0.25) is 0 Å². The molecule has 1 atom stereocenters. The number of hydrogen-bond acceptors (Lipinski definition) is 2. The van der Waals surface area contributed by atoms with Crippen molar-refractivity contribution in [1.29, 1.82) is 0 Å². The number of ether oxygens (including phenoxy) is 1. The van der Waals surface area contributed by atoms with Crippen LogP contribution in [0.2, 0.25) is 0 Å². The van der Waals surface area contributed by atoms with Gasteiger partial charge in [0.15, 0.2) is 0 Å². The van der Waals surface area contributed by atoms with Crippen molar-refractivity contribution in [2.75, 3.05) is 7.11 Å². The third-order valence-electron chi connectivity index (χ3n) is 4.48. The first-order valence-electron chi connectivity index (χ1n) is 7.07. The Morgan fingerprint density at radius 2 is 1.19 bits per heavy atom. The number of alkyl halides is 9. The Bertz CT molecular complexity index is 657. The van der Waals surface area contributed by atoms with Crippen LogP contribution in [-0.2, 0) is 5.60 Å². The van der Waals surface area contributed by atoms with Crippen LogP contribution in [0.3, 0.4) is 0 Å². The smallest absolute Gasteiger partial charge is 0.381 e. The minimum absolute atomic E-state index is 0.189. The maximum Gasteiger partial charge on any atom is 0.381 e. The van der Waals surface area contributed by atoms with Crippen LogP contribution in [0.4, 0.5) is 39.5 Å². The lowest BCUT2D eigenvalue weighted by Crippen LogP contribution is -2.57. The third-order valence-corrected chi connectivity index (χ3v) is 4.48. The van der Waals surface area contributed by atoms with E-state index in [4.69, 9.17) is 4.74 Å². The van der Waals surface area contributed by atoms with Crippen molar-refractivity contribution in [2.24, 2.45) is 0 Å². The second kappa shape index (κ2) is 5.43. The van der Waals surface area contributed by atoms with Gasteiger partial charge in [-0.25, -0.2) is 4.39 Å². The Labute approximate surface area is 141 Å². The van der Waals surface area contributed by atoms with E-state index < -0.39 is 46.9 Å². The summed E-state index contributed by atoms with van der Waals surface area (Å²) in [6.45, 7) is 0.566. The molecule has 2 nitrogen and oxygen atoms in total. The molecule has 1 aromatic carbocycles. The summed E-state index contributed by atoms with van der Waals surface area (Å²) in [5.41, 5.74) is -9.05. The molecular formula is C15H13F9O2. The van der Waals surface area contributed by atoms with E-state index in [1.807, 2.05) is 0 Å². The monoisotopic (exact) mass is 396 g/mol. The molecule has 0 saturated heterocycles. The number of hydrogen-bond donors (Lipinski definition) is 1. The first-order valence-corrected chi connectivity index (χ1v) is 7.07. The molecule has 1 aromatic rings. The summed E-state index contributed by atoms with van der Waals surface area (Å²) in [4.78, 5) is 0. The maximum absolute atomic E-state index is 14.5. The molecule has 0 heterocycles. The summed E-state index contributed by atoms with van der Waals surface area (Å²) in [5, 5.41) is 10.1. The minimum Gasteiger partial charge on any atom is -0.497 e.